The largest absolute Gasteiger partial charge is 0.302 e. The molecule has 8 heteroatoms. The monoisotopic (exact) mass is 451 g/mol. The summed E-state index contributed by atoms with van der Waals surface area (Å²) in [5.41, 5.74) is 6.61. The summed E-state index contributed by atoms with van der Waals surface area (Å²) in [4.78, 5) is 21.4. The first-order valence-electron chi connectivity index (χ1n) is 9.84. The Bertz CT molecular complexity index is 1250. The van der Waals surface area contributed by atoms with Gasteiger partial charge < -0.3 is 5.32 Å². The molecule has 1 aliphatic rings. The Hall–Kier alpha value is -3.03. The molecule has 0 spiro atoms. The third kappa shape index (κ3) is 3.98. The molecule has 0 bridgehead atoms. The van der Waals surface area contributed by atoms with E-state index in [-0.39, 0.29) is 5.91 Å². The molecule has 2 heterocycles. The van der Waals surface area contributed by atoms with Gasteiger partial charge in [0.25, 0.3) is 0 Å². The molecule has 0 aliphatic heterocycles. The molecule has 0 atom stereocenters. The van der Waals surface area contributed by atoms with Crippen molar-refractivity contribution >= 4 is 45.8 Å². The van der Waals surface area contributed by atoms with Crippen LogP contribution in [-0.4, -0.2) is 33.9 Å². The van der Waals surface area contributed by atoms with Crippen molar-refractivity contribution in [3.05, 3.63) is 64.5 Å². The minimum absolute atomic E-state index is 0.141. The van der Waals surface area contributed by atoms with Crippen molar-refractivity contribution in [2.24, 2.45) is 4.99 Å². The molecule has 1 N–H and O–H groups in total. The number of halogens is 1. The van der Waals surface area contributed by atoms with E-state index in [4.69, 9.17) is 16.7 Å². The van der Waals surface area contributed by atoms with Crippen LogP contribution in [0.2, 0.25) is 5.02 Å². The number of nitrogens with one attached hydrogen (secondary N) is 1. The van der Waals surface area contributed by atoms with Gasteiger partial charge in [-0.1, -0.05) is 47.7 Å². The minimum atomic E-state index is -0.141. The van der Waals surface area contributed by atoms with E-state index in [0.717, 1.165) is 57.2 Å². The standard InChI is InChI=1S/C23H22ClN5OS/c1-5-6-15(12-25-4)20-16-8-9-18-22(31-23(27-18)26-14(3)30)21(16)29(28-20)19-10-7-13(2)11-17(19)24/h5-7,10-12H,1,8-9H2,2-4H3,(H,26,27,30)/b15-6+,25-12?. The second-order valence-corrected chi connectivity index (χ2v) is 8.67. The van der Waals surface area contributed by atoms with Crippen molar-refractivity contribution in [2.75, 3.05) is 12.4 Å². The highest BCUT2D eigenvalue weighted by atomic mass is 35.5. The molecule has 4 rings (SSSR count). The normalized spacial score (nSPS) is 13.2. The third-order valence-electron chi connectivity index (χ3n) is 4.96. The summed E-state index contributed by atoms with van der Waals surface area (Å²) >= 11 is 8.09. The Kier molecular flexibility index (Phi) is 5.89. The smallest absolute Gasteiger partial charge is 0.223 e. The molecule has 0 radical (unpaired) electrons. The lowest BCUT2D eigenvalue weighted by molar-refractivity contribution is -0.114. The number of aromatic nitrogens is 3. The molecule has 31 heavy (non-hydrogen) atoms. The number of hydrogen-bond acceptors (Lipinski definition) is 5. The molecular formula is C23H22ClN5OS. The molecule has 0 unspecified atom stereocenters. The number of rotatable bonds is 5. The maximum Gasteiger partial charge on any atom is 0.223 e. The van der Waals surface area contributed by atoms with Crippen LogP contribution in [0.4, 0.5) is 5.13 Å². The van der Waals surface area contributed by atoms with Crippen LogP contribution in [0, 0.1) is 6.92 Å². The lowest BCUT2D eigenvalue weighted by Gasteiger charge is -2.15. The average Bonchev–Trinajstić information content (AvgIpc) is 3.28. The number of allylic oxidation sites excluding steroid dienone is 3. The first kappa shape index (κ1) is 21.2. The summed E-state index contributed by atoms with van der Waals surface area (Å²) < 4.78 is 1.89. The summed E-state index contributed by atoms with van der Waals surface area (Å²) in [6, 6.07) is 5.92. The lowest BCUT2D eigenvalue weighted by atomic mass is 9.95. The van der Waals surface area contributed by atoms with Crippen molar-refractivity contribution in [2.45, 2.75) is 26.7 Å². The van der Waals surface area contributed by atoms with E-state index in [1.807, 2.05) is 35.9 Å². The van der Waals surface area contributed by atoms with Crippen LogP contribution in [0.3, 0.4) is 0 Å². The summed E-state index contributed by atoms with van der Waals surface area (Å²) in [5, 5.41) is 8.99. The van der Waals surface area contributed by atoms with Gasteiger partial charge in [-0.3, -0.25) is 9.79 Å². The quantitative estimate of drug-likeness (QED) is 0.423. The summed E-state index contributed by atoms with van der Waals surface area (Å²) in [6.07, 6.45) is 6.97. The first-order chi connectivity index (χ1) is 14.9. The van der Waals surface area contributed by atoms with Crippen molar-refractivity contribution in [1.29, 1.82) is 0 Å². The zero-order chi connectivity index (χ0) is 22.1. The number of carbonyl (C=O) groups is 1. The molecule has 1 aliphatic carbocycles. The Morgan fingerprint density at radius 2 is 2.19 bits per heavy atom. The zero-order valence-electron chi connectivity index (χ0n) is 17.6. The number of hydrogen-bond donors (Lipinski definition) is 1. The van der Waals surface area contributed by atoms with E-state index in [9.17, 15) is 4.79 Å². The summed E-state index contributed by atoms with van der Waals surface area (Å²) in [6.45, 7) is 7.32. The van der Waals surface area contributed by atoms with Gasteiger partial charge >= 0.3 is 0 Å². The van der Waals surface area contributed by atoms with Gasteiger partial charge in [0.1, 0.15) is 0 Å². The number of carbonyl (C=O) groups excluding carboxylic acids is 1. The highest BCUT2D eigenvalue weighted by Crippen LogP contribution is 2.43. The van der Waals surface area contributed by atoms with Gasteiger partial charge in [0, 0.05) is 31.3 Å². The van der Waals surface area contributed by atoms with Crippen LogP contribution in [0.5, 0.6) is 0 Å². The van der Waals surface area contributed by atoms with E-state index in [0.29, 0.717) is 10.2 Å². The molecule has 1 amide bonds. The molecule has 2 aromatic heterocycles. The van der Waals surface area contributed by atoms with E-state index in [2.05, 4.69) is 21.9 Å². The molecule has 0 fully saturated rings. The zero-order valence-corrected chi connectivity index (χ0v) is 19.1. The van der Waals surface area contributed by atoms with Gasteiger partial charge in [-0.05, 0) is 37.5 Å². The molecule has 6 nitrogen and oxygen atoms in total. The Labute approximate surface area is 190 Å². The molecule has 1 aromatic carbocycles. The van der Waals surface area contributed by atoms with Gasteiger partial charge in [-0.2, -0.15) is 5.10 Å². The molecule has 0 saturated carbocycles. The Morgan fingerprint density at radius 3 is 2.87 bits per heavy atom. The number of nitrogens with zero attached hydrogens (tertiary/aromatic N) is 4. The highest BCUT2D eigenvalue weighted by Gasteiger charge is 2.30. The number of thiazole rings is 1. The maximum atomic E-state index is 11.6. The van der Waals surface area contributed by atoms with Crippen molar-refractivity contribution < 1.29 is 4.79 Å². The fourth-order valence-electron chi connectivity index (χ4n) is 3.71. The SMILES string of the molecule is C=C/C=C(\C=NC)c1nn(-c2ccc(C)cc2Cl)c2c1CCc1nc(NC(C)=O)sc1-2. The third-order valence-corrected chi connectivity index (χ3v) is 6.28. The fraction of sp³-hybridized carbons (Fsp3) is 0.217. The van der Waals surface area contributed by atoms with E-state index in [1.54, 1.807) is 19.3 Å². The van der Waals surface area contributed by atoms with Crippen LogP contribution >= 0.6 is 22.9 Å². The summed E-state index contributed by atoms with van der Waals surface area (Å²) in [5.74, 6) is -0.141. The van der Waals surface area contributed by atoms with E-state index < -0.39 is 0 Å². The predicted molar refractivity (Wildman–Crippen MR) is 129 cm³/mol. The second kappa shape index (κ2) is 8.61. The fourth-order valence-corrected chi connectivity index (χ4v) is 5.14. The van der Waals surface area contributed by atoms with Crippen LogP contribution in [-0.2, 0) is 17.6 Å². The summed E-state index contributed by atoms with van der Waals surface area (Å²) in [7, 11) is 1.73. The molecular weight excluding hydrogens is 430 g/mol. The molecule has 3 aromatic rings. The van der Waals surface area contributed by atoms with Gasteiger partial charge in [0.2, 0.25) is 5.91 Å². The van der Waals surface area contributed by atoms with Gasteiger partial charge in [0.05, 0.1) is 32.7 Å². The second-order valence-electron chi connectivity index (χ2n) is 7.26. The van der Waals surface area contributed by atoms with Gasteiger partial charge in [-0.25, -0.2) is 9.67 Å². The number of anilines is 1. The number of fused-ring (bicyclic) bond motifs is 3. The Balaban J connectivity index is 2.00. The molecule has 158 valence electrons. The molecule has 0 saturated heterocycles. The highest BCUT2D eigenvalue weighted by molar-refractivity contribution is 7.19. The van der Waals surface area contributed by atoms with Crippen LogP contribution < -0.4 is 5.32 Å². The lowest BCUT2D eigenvalue weighted by Crippen LogP contribution is -2.07. The first-order valence-corrected chi connectivity index (χ1v) is 11.0. The topological polar surface area (TPSA) is 72.2 Å². The Morgan fingerprint density at radius 1 is 1.39 bits per heavy atom. The van der Waals surface area contributed by atoms with E-state index >= 15 is 0 Å². The number of benzene rings is 1. The van der Waals surface area contributed by atoms with Crippen molar-refractivity contribution in [3.8, 4) is 16.3 Å². The van der Waals surface area contributed by atoms with E-state index in [1.165, 1.54) is 18.3 Å². The number of amides is 1. The van der Waals surface area contributed by atoms with Crippen molar-refractivity contribution in [1.82, 2.24) is 14.8 Å². The van der Waals surface area contributed by atoms with Gasteiger partial charge in [0.15, 0.2) is 5.13 Å². The van der Waals surface area contributed by atoms with Crippen LogP contribution in [0.25, 0.3) is 21.8 Å². The van der Waals surface area contributed by atoms with Crippen LogP contribution in [0.15, 0.2) is 41.9 Å². The van der Waals surface area contributed by atoms with Crippen LogP contribution in [0.1, 0.15) is 29.4 Å². The van der Waals surface area contributed by atoms with Gasteiger partial charge in [-0.15, -0.1) is 0 Å². The number of aryl methyl sites for hydroxylation is 2. The van der Waals surface area contributed by atoms with Crippen molar-refractivity contribution in [3.63, 3.8) is 0 Å². The maximum absolute atomic E-state index is 11.6. The predicted octanol–water partition coefficient (Wildman–Crippen LogP) is 5.28. The number of aliphatic imine (C=N–C) groups is 1. The minimum Gasteiger partial charge on any atom is -0.302 e. The average molecular weight is 452 g/mol.